The summed E-state index contributed by atoms with van der Waals surface area (Å²) in [5.41, 5.74) is 0.00980. The molecule has 6 nitrogen and oxygen atoms in total. The summed E-state index contributed by atoms with van der Waals surface area (Å²) in [6.45, 7) is 0. The third-order valence-electron chi connectivity index (χ3n) is 3.28. The Balaban J connectivity index is 1.95. The Morgan fingerprint density at radius 3 is 2.75 bits per heavy atom. The lowest BCUT2D eigenvalue weighted by Crippen LogP contribution is -2.19. The predicted molar refractivity (Wildman–Crippen MR) is 78.1 cm³/mol. The number of hydrogen-bond acceptors (Lipinski definition) is 5. The minimum atomic E-state index is -0.592. The minimum absolute atomic E-state index is 0.161. The van der Waals surface area contributed by atoms with E-state index in [0.717, 1.165) is 30.4 Å². The van der Waals surface area contributed by atoms with E-state index in [1.54, 1.807) is 0 Å². The molecule has 7 heteroatoms. The van der Waals surface area contributed by atoms with E-state index < -0.39 is 4.92 Å². The minimum Gasteiger partial charge on any atom is -0.506 e. The maximum absolute atomic E-state index is 11.9. The number of hydrogen-bond donors (Lipinski definition) is 2. The van der Waals surface area contributed by atoms with Crippen LogP contribution in [0.5, 0.6) is 5.75 Å². The van der Waals surface area contributed by atoms with Crippen molar-refractivity contribution in [3.8, 4) is 5.75 Å². The van der Waals surface area contributed by atoms with Crippen LogP contribution in [0, 0.1) is 16.0 Å². The van der Waals surface area contributed by atoms with Crippen molar-refractivity contribution in [3.63, 3.8) is 0 Å². The van der Waals surface area contributed by atoms with Crippen LogP contribution < -0.4 is 5.32 Å². The molecule has 108 valence electrons. The van der Waals surface area contributed by atoms with Gasteiger partial charge in [-0.1, -0.05) is 0 Å². The number of aromatic hydroxyl groups is 1. The van der Waals surface area contributed by atoms with Crippen molar-refractivity contribution >= 4 is 29.0 Å². The summed E-state index contributed by atoms with van der Waals surface area (Å²) in [6, 6.07) is 3.64. The van der Waals surface area contributed by atoms with Crippen molar-refractivity contribution in [1.29, 1.82) is 0 Å². The SMILES string of the molecule is O=C(CC1CCSCC1)Nc1ccc([N+](=O)[O-])cc1O. The van der Waals surface area contributed by atoms with Gasteiger partial charge in [-0.15, -0.1) is 0 Å². The number of benzene rings is 1. The number of phenols is 1. The van der Waals surface area contributed by atoms with E-state index in [9.17, 15) is 20.0 Å². The van der Waals surface area contributed by atoms with Gasteiger partial charge in [0, 0.05) is 12.5 Å². The number of amides is 1. The van der Waals surface area contributed by atoms with E-state index in [1.807, 2.05) is 11.8 Å². The largest absolute Gasteiger partial charge is 0.506 e. The molecule has 2 N–H and O–H groups in total. The number of carbonyl (C=O) groups is 1. The van der Waals surface area contributed by atoms with Gasteiger partial charge in [-0.25, -0.2) is 0 Å². The number of carbonyl (C=O) groups excluding carboxylic acids is 1. The number of nitrogens with one attached hydrogen (secondary N) is 1. The van der Waals surface area contributed by atoms with E-state index in [1.165, 1.54) is 12.1 Å². The van der Waals surface area contributed by atoms with Gasteiger partial charge in [0.2, 0.25) is 5.91 Å². The fourth-order valence-corrected chi connectivity index (χ4v) is 3.36. The van der Waals surface area contributed by atoms with E-state index in [2.05, 4.69) is 5.32 Å². The molecule has 20 heavy (non-hydrogen) atoms. The number of anilines is 1. The molecule has 1 aromatic rings. The fourth-order valence-electron chi connectivity index (χ4n) is 2.15. The van der Waals surface area contributed by atoms with Crippen molar-refractivity contribution < 1.29 is 14.8 Å². The maximum Gasteiger partial charge on any atom is 0.273 e. The summed E-state index contributed by atoms with van der Waals surface area (Å²) in [5, 5.41) is 22.8. The van der Waals surface area contributed by atoms with E-state index >= 15 is 0 Å². The van der Waals surface area contributed by atoms with Crippen molar-refractivity contribution in [2.24, 2.45) is 5.92 Å². The third-order valence-corrected chi connectivity index (χ3v) is 4.33. The van der Waals surface area contributed by atoms with Gasteiger partial charge in [0.25, 0.3) is 5.69 Å². The molecule has 0 bridgehead atoms. The van der Waals surface area contributed by atoms with Crippen LogP contribution in [-0.2, 0) is 4.79 Å². The normalized spacial score (nSPS) is 15.8. The first-order chi connectivity index (χ1) is 9.56. The molecule has 1 saturated heterocycles. The number of non-ortho nitro benzene ring substituents is 1. The highest BCUT2D eigenvalue weighted by atomic mass is 32.2. The molecule has 1 aromatic carbocycles. The lowest BCUT2D eigenvalue weighted by molar-refractivity contribution is -0.384. The van der Waals surface area contributed by atoms with Crippen LogP contribution in [0.25, 0.3) is 0 Å². The molecule has 1 heterocycles. The summed E-state index contributed by atoms with van der Waals surface area (Å²) in [4.78, 5) is 21.9. The van der Waals surface area contributed by atoms with E-state index in [4.69, 9.17) is 0 Å². The zero-order chi connectivity index (χ0) is 14.5. The monoisotopic (exact) mass is 296 g/mol. The molecule has 0 saturated carbocycles. The van der Waals surface area contributed by atoms with E-state index in [-0.39, 0.29) is 23.0 Å². The first-order valence-electron chi connectivity index (χ1n) is 6.41. The molecular formula is C13H16N2O4S. The third kappa shape index (κ3) is 3.86. The molecule has 1 aliphatic rings. The second kappa shape index (κ2) is 6.60. The Kier molecular flexibility index (Phi) is 4.84. The first kappa shape index (κ1) is 14.6. The van der Waals surface area contributed by atoms with Gasteiger partial charge in [-0.3, -0.25) is 14.9 Å². The molecule has 1 amide bonds. The Morgan fingerprint density at radius 1 is 1.45 bits per heavy atom. The van der Waals surface area contributed by atoms with Gasteiger partial charge < -0.3 is 10.4 Å². The standard InChI is InChI=1S/C13H16N2O4S/c16-12-8-10(15(18)19)1-2-11(12)14-13(17)7-9-3-5-20-6-4-9/h1-2,8-9,16H,3-7H2,(H,14,17). The van der Waals surface area contributed by atoms with Gasteiger partial charge in [0.15, 0.2) is 0 Å². The van der Waals surface area contributed by atoms with Crippen LogP contribution in [-0.4, -0.2) is 27.4 Å². The lowest BCUT2D eigenvalue weighted by Gasteiger charge is -2.20. The van der Waals surface area contributed by atoms with Crippen molar-refractivity contribution in [3.05, 3.63) is 28.3 Å². The summed E-state index contributed by atoms with van der Waals surface area (Å²) in [5.74, 6) is 2.11. The number of phenolic OH excluding ortho intramolecular Hbond substituents is 1. The zero-order valence-electron chi connectivity index (χ0n) is 10.9. The lowest BCUT2D eigenvalue weighted by atomic mass is 9.98. The van der Waals surface area contributed by atoms with Crippen LogP contribution in [0.3, 0.4) is 0 Å². The van der Waals surface area contributed by atoms with Crippen LogP contribution >= 0.6 is 11.8 Å². The molecule has 0 unspecified atom stereocenters. The zero-order valence-corrected chi connectivity index (χ0v) is 11.7. The highest BCUT2D eigenvalue weighted by Gasteiger charge is 2.18. The second-order valence-corrected chi connectivity index (χ2v) is 5.99. The highest BCUT2D eigenvalue weighted by molar-refractivity contribution is 7.99. The van der Waals surface area contributed by atoms with Crippen LogP contribution in [0.15, 0.2) is 18.2 Å². The van der Waals surface area contributed by atoms with Crippen molar-refractivity contribution in [1.82, 2.24) is 0 Å². The second-order valence-electron chi connectivity index (χ2n) is 4.77. The summed E-state index contributed by atoms with van der Waals surface area (Å²) in [7, 11) is 0. The van der Waals surface area contributed by atoms with E-state index in [0.29, 0.717) is 12.3 Å². The molecular weight excluding hydrogens is 280 g/mol. The Morgan fingerprint density at radius 2 is 2.15 bits per heavy atom. The average molecular weight is 296 g/mol. The van der Waals surface area contributed by atoms with Crippen LogP contribution in [0.2, 0.25) is 0 Å². The first-order valence-corrected chi connectivity index (χ1v) is 7.56. The number of nitro benzene ring substituents is 1. The van der Waals surface area contributed by atoms with Crippen molar-refractivity contribution in [2.45, 2.75) is 19.3 Å². The molecule has 0 aromatic heterocycles. The van der Waals surface area contributed by atoms with Gasteiger partial charge in [0.05, 0.1) is 16.7 Å². The summed E-state index contributed by atoms with van der Waals surface area (Å²) < 4.78 is 0. The Hall–Kier alpha value is -1.76. The quantitative estimate of drug-likeness (QED) is 0.506. The van der Waals surface area contributed by atoms with Gasteiger partial charge in [0.1, 0.15) is 5.75 Å². The number of thioether (sulfide) groups is 1. The van der Waals surface area contributed by atoms with Gasteiger partial charge in [-0.2, -0.15) is 11.8 Å². The average Bonchev–Trinajstić information content (AvgIpc) is 2.42. The fraction of sp³-hybridized carbons (Fsp3) is 0.462. The predicted octanol–water partition coefficient (Wildman–Crippen LogP) is 2.77. The number of rotatable bonds is 4. The Bertz CT molecular complexity index is 515. The van der Waals surface area contributed by atoms with Gasteiger partial charge in [-0.05, 0) is 36.3 Å². The molecule has 0 atom stereocenters. The number of nitrogens with zero attached hydrogens (tertiary/aromatic N) is 1. The molecule has 0 spiro atoms. The van der Waals surface area contributed by atoms with Crippen molar-refractivity contribution in [2.75, 3.05) is 16.8 Å². The topological polar surface area (TPSA) is 92.5 Å². The summed E-state index contributed by atoms with van der Waals surface area (Å²) >= 11 is 1.90. The molecule has 2 rings (SSSR count). The van der Waals surface area contributed by atoms with Crippen LogP contribution in [0.4, 0.5) is 11.4 Å². The maximum atomic E-state index is 11.9. The summed E-state index contributed by atoms with van der Waals surface area (Å²) in [6.07, 6.45) is 2.49. The smallest absolute Gasteiger partial charge is 0.273 e. The Labute approximate surface area is 120 Å². The van der Waals surface area contributed by atoms with Crippen LogP contribution in [0.1, 0.15) is 19.3 Å². The highest BCUT2D eigenvalue weighted by Crippen LogP contribution is 2.29. The number of nitro groups is 1. The molecule has 0 aliphatic carbocycles. The van der Waals surface area contributed by atoms with Gasteiger partial charge >= 0.3 is 0 Å². The molecule has 0 radical (unpaired) electrons. The molecule has 1 aliphatic heterocycles. The molecule has 1 fully saturated rings.